The number of benzene rings is 6. The fraction of sp³-hybridized carbons (Fsp3) is 0.0263. The molecule has 3 nitrogen and oxygen atoms in total. The predicted octanol–water partition coefficient (Wildman–Crippen LogP) is 6.50. The molecule has 0 saturated carbocycles. The summed E-state index contributed by atoms with van der Waals surface area (Å²) in [5.74, 6) is 2.11. The van der Waals surface area contributed by atoms with Crippen molar-refractivity contribution in [2.24, 2.45) is 0 Å². The first-order chi connectivity index (χ1) is 22.4. The van der Waals surface area contributed by atoms with E-state index in [1.165, 1.54) is 0 Å². The summed E-state index contributed by atoms with van der Waals surface area (Å²) >= 11 is -0.417. The van der Waals surface area contributed by atoms with E-state index in [0.29, 0.717) is 15.9 Å². The summed E-state index contributed by atoms with van der Waals surface area (Å²) in [5.41, 5.74) is 0. The second-order valence-electron chi connectivity index (χ2n) is 10.7. The van der Waals surface area contributed by atoms with E-state index in [2.05, 4.69) is 42.2 Å². The molecular formula is C38H33FO3P2SSe. The summed E-state index contributed by atoms with van der Waals surface area (Å²) in [6.07, 6.45) is 0. The van der Waals surface area contributed by atoms with Crippen LogP contribution in [0.15, 0.2) is 182 Å². The van der Waals surface area contributed by atoms with Crippen molar-refractivity contribution in [3.05, 3.63) is 182 Å². The van der Waals surface area contributed by atoms with E-state index < -0.39 is 39.2 Å². The van der Waals surface area contributed by atoms with Crippen LogP contribution < -0.4 is 31.8 Å². The van der Waals surface area contributed by atoms with Crippen LogP contribution >= 0.6 is 13.7 Å². The first-order valence-electron chi connectivity index (χ1n) is 14.7. The summed E-state index contributed by atoms with van der Waals surface area (Å²) in [7, 11) is -5.58. The van der Waals surface area contributed by atoms with E-state index in [0.717, 1.165) is 19.8 Å². The van der Waals surface area contributed by atoms with Crippen molar-refractivity contribution in [3.8, 4) is 0 Å². The molecule has 0 heterocycles. The van der Waals surface area contributed by atoms with Crippen LogP contribution in [0.5, 0.6) is 0 Å². The van der Waals surface area contributed by atoms with E-state index in [-0.39, 0.29) is 0 Å². The Labute approximate surface area is 277 Å². The van der Waals surface area contributed by atoms with Gasteiger partial charge in [0.25, 0.3) is 0 Å². The molecule has 232 valence electrons. The van der Waals surface area contributed by atoms with Gasteiger partial charge in [-0.15, -0.1) is 0 Å². The third-order valence-corrected chi connectivity index (χ3v) is 27.2. The van der Waals surface area contributed by atoms with E-state index in [4.69, 9.17) is 3.97 Å². The molecule has 8 heteroatoms. The maximum absolute atomic E-state index is 16.1. The molecule has 0 amide bonds. The molecule has 0 atom stereocenters. The Morgan fingerprint density at radius 2 is 0.783 bits per heavy atom. The molecule has 6 aromatic rings. The Balaban J connectivity index is 2.11. The molecule has 0 aliphatic carbocycles. The summed E-state index contributed by atoms with van der Waals surface area (Å²) in [6, 6.07) is 59.2. The van der Waals surface area contributed by atoms with Crippen molar-refractivity contribution in [2.75, 3.05) is 0 Å². The molecule has 6 aromatic carbocycles. The normalized spacial score (nSPS) is 13.0. The summed E-state index contributed by atoms with van der Waals surface area (Å²) < 4.78 is 50.5. The zero-order chi connectivity index (χ0) is 32.1. The van der Waals surface area contributed by atoms with Gasteiger partial charge < -0.3 is 0 Å². The van der Waals surface area contributed by atoms with Gasteiger partial charge in [0, 0.05) is 0 Å². The number of rotatable bonds is 10. The molecule has 0 aromatic heterocycles. The van der Waals surface area contributed by atoms with Gasteiger partial charge in [0.1, 0.15) is 0 Å². The van der Waals surface area contributed by atoms with Crippen molar-refractivity contribution >= 4 is 74.9 Å². The first-order valence-corrected chi connectivity index (χ1v) is 22.5. The molecule has 6 rings (SSSR count). The van der Waals surface area contributed by atoms with Gasteiger partial charge >= 0.3 is 279 Å². The molecule has 0 saturated heterocycles. The predicted molar refractivity (Wildman–Crippen MR) is 198 cm³/mol. The number of hydrogen-bond acceptors (Lipinski definition) is 3. The summed E-state index contributed by atoms with van der Waals surface area (Å²) in [6.45, 7) is -7.93. The summed E-state index contributed by atoms with van der Waals surface area (Å²) in [4.78, 5) is 0. The third kappa shape index (κ3) is 5.24. The van der Waals surface area contributed by atoms with Crippen molar-refractivity contribution in [1.29, 1.82) is 0 Å². The van der Waals surface area contributed by atoms with Crippen LogP contribution in [0.1, 0.15) is 0 Å². The van der Waals surface area contributed by atoms with Crippen LogP contribution in [0.3, 0.4) is 0 Å². The van der Waals surface area contributed by atoms with Crippen LogP contribution in [-0.2, 0) is 14.5 Å². The number of hydrogen-bond donors (Lipinski definition) is 0. The molecule has 0 aliphatic rings. The van der Waals surface area contributed by atoms with Crippen molar-refractivity contribution < 1.29 is 16.3 Å². The van der Waals surface area contributed by atoms with E-state index >= 15 is 3.89 Å². The van der Waals surface area contributed by atoms with Crippen LogP contribution in [0.25, 0.3) is 0 Å². The minimum atomic E-state index is -5.58. The van der Waals surface area contributed by atoms with Gasteiger partial charge in [0.2, 0.25) is 0 Å². The molecule has 46 heavy (non-hydrogen) atoms. The SMILES string of the molecule is C[Se]C(=P(c1ccccc1)(c1ccccc1)c1ccccc1)P(OS(=O)(=O)F)(c1ccccc1)(c1ccccc1)c1ccccc1. The van der Waals surface area contributed by atoms with Gasteiger partial charge in [-0.05, 0) is 0 Å². The van der Waals surface area contributed by atoms with Crippen molar-refractivity contribution in [1.82, 2.24) is 0 Å². The minimum absolute atomic E-state index is 0.417. The van der Waals surface area contributed by atoms with Crippen LogP contribution in [0, 0.1) is 0 Å². The molecule has 0 bridgehead atoms. The fourth-order valence-corrected chi connectivity index (χ4v) is 30.3. The van der Waals surface area contributed by atoms with Gasteiger partial charge in [-0.2, -0.15) is 0 Å². The Morgan fingerprint density at radius 1 is 0.522 bits per heavy atom. The molecule has 0 fully saturated rings. The monoisotopic (exact) mass is 730 g/mol. The van der Waals surface area contributed by atoms with Gasteiger partial charge in [-0.3, -0.25) is 0 Å². The average molecular weight is 730 g/mol. The Hall–Kier alpha value is -3.59. The van der Waals surface area contributed by atoms with Crippen molar-refractivity contribution in [3.63, 3.8) is 0 Å². The van der Waals surface area contributed by atoms with Crippen LogP contribution in [0.4, 0.5) is 3.89 Å². The summed E-state index contributed by atoms with van der Waals surface area (Å²) in [5, 5.41) is 4.96. The van der Waals surface area contributed by atoms with Crippen LogP contribution in [-0.4, -0.2) is 27.3 Å². The quantitative estimate of drug-likeness (QED) is 0.0920. The van der Waals surface area contributed by atoms with Gasteiger partial charge in [-0.25, -0.2) is 0 Å². The third-order valence-electron chi connectivity index (χ3n) is 8.25. The molecular weight excluding hydrogens is 696 g/mol. The van der Waals surface area contributed by atoms with Crippen molar-refractivity contribution in [2.45, 2.75) is 5.82 Å². The zero-order valence-corrected chi connectivity index (χ0v) is 29.5. The van der Waals surface area contributed by atoms with Crippen LogP contribution in [0.2, 0.25) is 5.82 Å². The second-order valence-corrected chi connectivity index (χ2v) is 22.9. The zero-order valence-electron chi connectivity index (χ0n) is 25.1. The first kappa shape index (κ1) is 32.4. The standard InChI is InChI=1S/C38H33FO3P2SSe/c1-46-38(43(32-20-8-2-9-21-32,33-22-10-3-11-23-33)34-24-12-4-13-25-34)44(42-45(39,40)41,35-26-14-5-15-27-35,36-28-16-6-17-29-36)37-30-18-7-19-31-37/h2-31H,1H3. The average Bonchev–Trinajstić information content (AvgIpc) is 3.11. The molecule has 0 aliphatic heterocycles. The molecule has 0 spiro atoms. The fourth-order valence-electron chi connectivity index (χ4n) is 6.59. The van der Waals surface area contributed by atoms with Gasteiger partial charge in [0.05, 0.1) is 0 Å². The molecule has 0 radical (unpaired) electrons. The molecule has 0 N–H and O–H groups in total. The second kappa shape index (κ2) is 13.3. The number of halogens is 1. The Kier molecular flexibility index (Phi) is 9.33. The Bertz CT molecular complexity index is 1880. The topological polar surface area (TPSA) is 43.4 Å². The van der Waals surface area contributed by atoms with E-state index in [1.54, 1.807) is 0 Å². The van der Waals surface area contributed by atoms with Gasteiger partial charge in [0.15, 0.2) is 0 Å². The van der Waals surface area contributed by atoms with E-state index in [1.807, 2.05) is 146 Å². The maximum atomic E-state index is 16.1. The molecule has 0 unspecified atom stereocenters. The van der Waals surface area contributed by atoms with E-state index in [9.17, 15) is 8.42 Å². The Morgan fingerprint density at radius 3 is 1.02 bits per heavy atom. The van der Waals surface area contributed by atoms with Gasteiger partial charge in [-0.1, -0.05) is 0 Å².